The van der Waals surface area contributed by atoms with Gasteiger partial charge in [0.05, 0.1) is 71.7 Å². The van der Waals surface area contributed by atoms with Crippen LogP contribution in [0.3, 0.4) is 0 Å². The Bertz CT molecular complexity index is 3440. The molecule has 12 rings (SSSR count). The summed E-state index contributed by atoms with van der Waals surface area (Å²) >= 11 is 6.25. The van der Waals surface area contributed by atoms with Crippen LogP contribution in [-0.2, 0) is 23.6 Å². The summed E-state index contributed by atoms with van der Waals surface area (Å²) in [7, 11) is 3.92. The summed E-state index contributed by atoms with van der Waals surface area (Å²) < 4.78 is 14.7. The molecule has 0 radical (unpaired) electrons. The van der Waals surface area contributed by atoms with E-state index in [1.54, 1.807) is 6.07 Å². The monoisotopic (exact) mass is 996 g/mol. The number of fused-ring (bicyclic) bond motifs is 2. The molecule has 18 nitrogen and oxygen atoms in total. The normalized spacial score (nSPS) is 15.5. The van der Waals surface area contributed by atoms with Gasteiger partial charge < -0.3 is 30.3 Å². The largest absolute Gasteiger partial charge is 0.399 e. The molecule has 19 heteroatoms. The third-order valence-corrected chi connectivity index (χ3v) is 13.1. The predicted molar refractivity (Wildman–Crippen MR) is 293 cm³/mol. The smallest absolute Gasteiger partial charge is 0.228 e. The third-order valence-electron chi connectivity index (χ3n) is 12.9. The highest BCUT2D eigenvalue weighted by atomic mass is 35.5. The molecule has 4 aromatic heterocycles. The zero-order chi connectivity index (χ0) is 50.6. The Morgan fingerprint density at radius 1 is 0.521 bits per heavy atom. The van der Waals surface area contributed by atoms with E-state index in [-0.39, 0.29) is 0 Å². The first-order chi connectivity index (χ1) is 35.4. The number of nitrogens with one attached hydrogen (secondary N) is 1. The zero-order valence-electron chi connectivity index (χ0n) is 41.8. The maximum absolute atomic E-state index is 6.25. The van der Waals surface area contributed by atoms with E-state index in [1.165, 1.54) is 0 Å². The fraction of sp³-hybridized carbons (Fsp3) is 0.296. The van der Waals surface area contributed by atoms with E-state index in [9.17, 15) is 0 Å². The highest BCUT2D eigenvalue weighted by Gasteiger charge is 2.20. The Balaban J connectivity index is 0.000000141. The Kier molecular flexibility index (Phi) is 14.3. The molecule has 2 fully saturated rings. The second-order valence-electron chi connectivity index (χ2n) is 18.3. The molecule has 4 aliphatic heterocycles. The van der Waals surface area contributed by atoms with E-state index in [1.807, 2.05) is 93.6 Å². The van der Waals surface area contributed by atoms with E-state index in [0.717, 1.165) is 146 Å². The topological polar surface area (TPSA) is 200 Å². The van der Waals surface area contributed by atoms with Crippen molar-refractivity contribution >= 4 is 85.3 Å². The van der Waals surface area contributed by atoms with Crippen molar-refractivity contribution < 1.29 is 9.47 Å². The number of morpholine rings is 2. The number of halogens is 1. The first-order valence-electron chi connectivity index (χ1n) is 24.3. The van der Waals surface area contributed by atoms with Gasteiger partial charge in [-0.15, -0.1) is 0 Å². The molecule has 73 heavy (non-hydrogen) atoms. The fourth-order valence-corrected chi connectivity index (χ4v) is 9.19. The number of nitrogens with two attached hydrogens (primary N) is 1. The predicted octanol–water partition coefficient (Wildman–Crippen LogP) is 9.15. The lowest BCUT2D eigenvalue weighted by molar-refractivity contribution is 0.122. The van der Waals surface area contributed by atoms with Crippen molar-refractivity contribution in [1.82, 2.24) is 39.5 Å². The molecule has 0 atom stereocenters. The summed E-state index contributed by atoms with van der Waals surface area (Å²) in [5, 5.41) is 31.8. The van der Waals surface area contributed by atoms with Gasteiger partial charge in [-0.3, -0.25) is 9.36 Å². The quantitative estimate of drug-likeness (QED) is 0.108. The van der Waals surface area contributed by atoms with Crippen LogP contribution in [0, 0.1) is 13.8 Å². The van der Waals surface area contributed by atoms with Gasteiger partial charge in [0.2, 0.25) is 11.9 Å². The average molecular weight is 998 g/mol. The van der Waals surface area contributed by atoms with Crippen LogP contribution in [0.1, 0.15) is 49.2 Å². The first-order valence-corrected chi connectivity index (χ1v) is 24.7. The number of aromatic nitrogens is 8. The number of hydrogen-bond acceptors (Lipinski definition) is 16. The summed E-state index contributed by atoms with van der Waals surface area (Å²) in [6, 6.07) is 32.3. The molecule has 0 aliphatic carbocycles. The molecule has 0 spiro atoms. The molecule has 8 heterocycles. The molecule has 0 saturated carbocycles. The molecular formula is C54H57ClN16O2. The van der Waals surface area contributed by atoms with Gasteiger partial charge in [0.1, 0.15) is 11.0 Å². The lowest BCUT2D eigenvalue weighted by Crippen LogP contribution is -2.37. The van der Waals surface area contributed by atoms with E-state index in [4.69, 9.17) is 41.8 Å². The van der Waals surface area contributed by atoms with Crippen LogP contribution in [0.4, 0.5) is 29.1 Å². The maximum Gasteiger partial charge on any atom is 0.228 e. The van der Waals surface area contributed by atoms with Crippen molar-refractivity contribution in [3.63, 3.8) is 0 Å². The second-order valence-corrected chi connectivity index (χ2v) is 18.7. The molecule has 4 aliphatic rings. The van der Waals surface area contributed by atoms with E-state index in [0.29, 0.717) is 43.5 Å². The molecule has 2 saturated heterocycles. The van der Waals surface area contributed by atoms with Gasteiger partial charge in [-0.25, -0.2) is 15.0 Å². The van der Waals surface area contributed by atoms with E-state index in [2.05, 4.69) is 99.2 Å². The Morgan fingerprint density at radius 3 is 1.45 bits per heavy atom. The summed E-state index contributed by atoms with van der Waals surface area (Å²) in [5.41, 5.74) is 21.5. The SMILES string of the molecule is CC1=NN=C(c2ccc(N)cc2)C1.CC1=NN=C(c2ccc(Nc3cc(-c4ccc5c(C)nn(C)c5c4)nc(N4CCOCC4)n3)cc2)C1.Cc1nn(C)c2cc(-c3cc(Cl)nc(N4CCOCC4)n3)ccc12. The third kappa shape index (κ3) is 11.3. The highest BCUT2D eigenvalue weighted by Crippen LogP contribution is 2.31. The van der Waals surface area contributed by atoms with Crippen LogP contribution >= 0.6 is 11.6 Å². The second kappa shape index (κ2) is 21.4. The summed E-state index contributed by atoms with van der Waals surface area (Å²) in [4.78, 5) is 23.2. The lowest BCUT2D eigenvalue weighted by Gasteiger charge is -2.27. The molecule has 4 aromatic carbocycles. The minimum absolute atomic E-state index is 0.447. The van der Waals surface area contributed by atoms with E-state index >= 15 is 0 Å². The van der Waals surface area contributed by atoms with Crippen LogP contribution in [0.2, 0.25) is 5.15 Å². The molecule has 3 N–H and O–H groups in total. The molecule has 0 amide bonds. The molecular weight excluding hydrogens is 940 g/mol. The van der Waals surface area contributed by atoms with Crippen LogP contribution in [0.15, 0.2) is 117 Å². The maximum atomic E-state index is 6.25. The molecule has 372 valence electrons. The molecule has 8 aromatic rings. The van der Waals surface area contributed by atoms with Crippen molar-refractivity contribution in [2.45, 2.75) is 40.5 Å². The number of nitrogen functional groups attached to an aromatic ring is 1. The summed E-state index contributed by atoms with van der Waals surface area (Å²) in [5.74, 6) is 2.10. The van der Waals surface area contributed by atoms with E-state index < -0.39 is 0 Å². The van der Waals surface area contributed by atoms with Crippen LogP contribution in [-0.4, -0.2) is 115 Å². The number of benzene rings is 4. The van der Waals surface area contributed by atoms with Gasteiger partial charge in [0.25, 0.3) is 0 Å². The summed E-state index contributed by atoms with van der Waals surface area (Å²) in [6.45, 7) is 13.8. The number of hydrogen-bond donors (Lipinski definition) is 2. The number of ether oxygens (including phenoxy) is 2. The van der Waals surface area contributed by atoms with Gasteiger partial charge in [-0.1, -0.05) is 60.1 Å². The van der Waals surface area contributed by atoms with Gasteiger partial charge in [-0.2, -0.15) is 35.6 Å². The van der Waals surface area contributed by atoms with Crippen LogP contribution in [0.25, 0.3) is 44.3 Å². The number of nitrogens with zero attached hydrogens (tertiary/aromatic N) is 14. The van der Waals surface area contributed by atoms with Crippen LogP contribution < -0.4 is 20.9 Å². The minimum Gasteiger partial charge on any atom is -0.399 e. The van der Waals surface area contributed by atoms with Gasteiger partial charge in [-0.05, 0) is 75.2 Å². The summed E-state index contributed by atoms with van der Waals surface area (Å²) in [6.07, 6.45) is 1.65. The van der Waals surface area contributed by atoms with Gasteiger partial charge >= 0.3 is 0 Å². The zero-order valence-corrected chi connectivity index (χ0v) is 42.6. The number of rotatable bonds is 8. The van der Waals surface area contributed by atoms with Crippen molar-refractivity contribution in [2.24, 2.45) is 34.5 Å². The van der Waals surface area contributed by atoms with Crippen molar-refractivity contribution in [3.05, 3.63) is 125 Å². The van der Waals surface area contributed by atoms with Crippen LogP contribution in [0.5, 0.6) is 0 Å². The van der Waals surface area contributed by atoms with Crippen molar-refractivity contribution in [1.29, 1.82) is 0 Å². The molecule has 0 unspecified atom stereocenters. The first kappa shape index (κ1) is 48.7. The van der Waals surface area contributed by atoms with Crippen molar-refractivity contribution in [2.75, 3.05) is 73.5 Å². The highest BCUT2D eigenvalue weighted by molar-refractivity contribution is 6.29. The Hall–Kier alpha value is -7.93. The molecule has 0 bridgehead atoms. The van der Waals surface area contributed by atoms with Gasteiger partial charge in [0, 0.05) is 110 Å². The Morgan fingerprint density at radius 2 is 0.973 bits per heavy atom. The Labute approximate surface area is 428 Å². The fourth-order valence-electron chi connectivity index (χ4n) is 9.01. The standard InChI is InChI=1S/C27H28N8O.C17H18ClN5O.C10H11N3/c1-17-14-24(32-31-17)19-4-7-21(8-5-19)28-26-16-23(29-27(30-26)35-10-12-36-13-11-35)20-6-9-22-18(2)33-34(3)25(22)15-20;1-11-13-4-3-12(9-15(13)22(2)21-11)14-10-16(18)20-17(19-14)23-5-7-24-8-6-23;1-7-6-10(13-12-7)8-2-4-9(11)5-3-8/h4-9,15-16H,10-14H2,1-3H3,(H,28,29,30);3-4,9-10H,5-8H2,1-2H3;2-5H,6,11H2,1H3. The number of anilines is 5. The van der Waals surface area contributed by atoms with Gasteiger partial charge in [0.15, 0.2) is 0 Å². The minimum atomic E-state index is 0.447. The van der Waals surface area contributed by atoms with Crippen molar-refractivity contribution in [3.8, 4) is 22.5 Å². The number of aryl methyl sites for hydroxylation is 4. The average Bonchev–Trinajstić information content (AvgIpc) is 4.19. The lowest BCUT2D eigenvalue weighted by atomic mass is 10.1.